The van der Waals surface area contributed by atoms with Crippen LogP contribution in [0.4, 0.5) is 17.2 Å². The highest BCUT2D eigenvalue weighted by molar-refractivity contribution is 5.97. The lowest BCUT2D eigenvalue weighted by Crippen LogP contribution is -2.25. The predicted octanol–water partition coefficient (Wildman–Crippen LogP) is 1.79. The number of carbonyl (C=O) groups is 1. The second kappa shape index (κ2) is 8.05. The maximum Gasteiger partial charge on any atom is 0.269 e. The molecule has 3 aromatic heterocycles. The summed E-state index contributed by atoms with van der Waals surface area (Å²) in [5.41, 5.74) is 15.2. The Kier molecular flexibility index (Phi) is 5.55. The van der Waals surface area contributed by atoms with Crippen molar-refractivity contribution in [2.24, 2.45) is 18.5 Å². The molecule has 0 aliphatic carbocycles. The third kappa shape index (κ3) is 4.44. The van der Waals surface area contributed by atoms with Crippen molar-refractivity contribution in [3.8, 4) is 11.3 Å². The summed E-state index contributed by atoms with van der Waals surface area (Å²) in [6.07, 6.45) is 5.22. The number of imidazole rings is 1. The van der Waals surface area contributed by atoms with E-state index in [1.54, 1.807) is 18.6 Å². The lowest BCUT2D eigenvalue weighted by molar-refractivity contribution is 0.0996. The molecule has 1 unspecified atom stereocenters. The summed E-state index contributed by atoms with van der Waals surface area (Å²) in [5, 5.41) is 6.31. The van der Waals surface area contributed by atoms with Gasteiger partial charge in [0.05, 0.1) is 29.6 Å². The zero-order chi connectivity index (χ0) is 20.3. The van der Waals surface area contributed by atoms with Crippen LogP contribution in [0, 0.1) is 6.92 Å². The van der Waals surface area contributed by atoms with Gasteiger partial charge in [-0.05, 0) is 32.0 Å². The van der Waals surface area contributed by atoms with E-state index >= 15 is 0 Å². The van der Waals surface area contributed by atoms with Crippen LogP contribution >= 0.6 is 0 Å². The van der Waals surface area contributed by atoms with E-state index in [4.69, 9.17) is 11.5 Å². The number of anilines is 3. The Hall–Kier alpha value is -3.46. The number of amides is 1. The molecule has 6 N–H and O–H groups in total. The van der Waals surface area contributed by atoms with E-state index in [1.165, 1.54) is 0 Å². The van der Waals surface area contributed by atoms with Crippen molar-refractivity contribution in [3.05, 3.63) is 48.3 Å². The predicted molar refractivity (Wildman–Crippen MR) is 109 cm³/mol. The number of aromatic nitrogens is 4. The molecule has 0 saturated heterocycles. The molecule has 9 heteroatoms. The molecule has 1 amide bonds. The Morgan fingerprint density at radius 3 is 2.71 bits per heavy atom. The third-order valence-electron chi connectivity index (χ3n) is 4.08. The van der Waals surface area contributed by atoms with Gasteiger partial charge >= 0.3 is 0 Å². The highest BCUT2D eigenvalue weighted by Crippen LogP contribution is 2.25. The van der Waals surface area contributed by atoms with Crippen molar-refractivity contribution in [1.82, 2.24) is 19.5 Å². The summed E-state index contributed by atoms with van der Waals surface area (Å²) in [7, 11) is 1.92. The molecule has 146 valence electrons. The van der Waals surface area contributed by atoms with E-state index in [0.717, 1.165) is 22.6 Å². The standard InChI is InChI=1S/C19H24N8O/c1-11(20)7-22-13-6-15(18(19(21)28)23-8-13)26-17-5-4-14(12(2)25-17)16-9-27(3)10-24-16/h4-6,8-11,22H,7,20H2,1-3H3,(H2,21,28)(H,25,26). The molecule has 0 radical (unpaired) electrons. The lowest BCUT2D eigenvalue weighted by Gasteiger charge is -2.14. The van der Waals surface area contributed by atoms with Crippen LogP contribution in [0.1, 0.15) is 23.1 Å². The number of hydrogen-bond acceptors (Lipinski definition) is 7. The number of nitrogens with two attached hydrogens (primary N) is 2. The lowest BCUT2D eigenvalue weighted by atomic mass is 10.1. The Labute approximate surface area is 163 Å². The molecule has 3 heterocycles. The Morgan fingerprint density at radius 1 is 1.32 bits per heavy atom. The van der Waals surface area contributed by atoms with Crippen LogP contribution in [-0.4, -0.2) is 38.0 Å². The van der Waals surface area contributed by atoms with Gasteiger partial charge in [-0.3, -0.25) is 4.79 Å². The first-order valence-corrected chi connectivity index (χ1v) is 8.86. The second-order valence-corrected chi connectivity index (χ2v) is 6.72. The van der Waals surface area contributed by atoms with E-state index in [2.05, 4.69) is 25.6 Å². The van der Waals surface area contributed by atoms with Crippen molar-refractivity contribution in [2.75, 3.05) is 17.2 Å². The van der Waals surface area contributed by atoms with E-state index in [0.29, 0.717) is 18.1 Å². The fourth-order valence-corrected chi connectivity index (χ4v) is 2.72. The zero-order valence-corrected chi connectivity index (χ0v) is 16.1. The zero-order valence-electron chi connectivity index (χ0n) is 16.1. The van der Waals surface area contributed by atoms with Crippen LogP contribution in [0.3, 0.4) is 0 Å². The van der Waals surface area contributed by atoms with Gasteiger partial charge in [0.25, 0.3) is 5.91 Å². The van der Waals surface area contributed by atoms with Gasteiger partial charge in [-0.25, -0.2) is 15.0 Å². The molecule has 0 aromatic carbocycles. The van der Waals surface area contributed by atoms with Gasteiger partial charge in [-0.1, -0.05) is 0 Å². The average molecular weight is 380 g/mol. The molecule has 3 aromatic rings. The molecule has 0 saturated carbocycles. The quantitative estimate of drug-likeness (QED) is 0.490. The normalized spacial score (nSPS) is 11.9. The van der Waals surface area contributed by atoms with Crippen LogP contribution in [0.2, 0.25) is 0 Å². The summed E-state index contributed by atoms with van der Waals surface area (Å²) in [6, 6.07) is 5.50. The van der Waals surface area contributed by atoms with Gasteiger partial charge in [-0.2, -0.15) is 0 Å². The molecule has 0 spiro atoms. The highest BCUT2D eigenvalue weighted by atomic mass is 16.1. The van der Waals surface area contributed by atoms with Crippen molar-refractivity contribution in [2.45, 2.75) is 19.9 Å². The van der Waals surface area contributed by atoms with Crippen LogP contribution in [0.25, 0.3) is 11.3 Å². The average Bonchev–Trinajstić information content (AvgIpc) is 3.06. The summed E-state index contributed by atoms with van der Waals surface area (Å²) in [4.78, 5) is 24.8. The van der Waals surface area contributed by atoms with E-state index in [-0.39, 0.29) is 11.7 Å². The topological polar surface area (TPSA) is 137 Å². The van der Waals surface area contributed by atoms with E-state index < -0.39 is 5.91 Å². The molecule has 28 heavy (non-hydrogen) atoms. The van der Waals surface area contributed by atoms with Gasteiger partial charge in [-0.15, -0.1) is 0 Å². The number of aryl methyl sites for hydroxylation is 2. The van der Waals surface area contributed by atoms with Gasteiger partial charge in [0.2, 0.25) is 0 Å². The Bertz CT molecular complexity index is 995. The van der Waals surface area contributed by atoms with E-state index in [9.17, 15) is 4.79 Å². The number of pyridine rings is 2. The van der Waals surface area contributed by atoms with Crippen molar-refractivity contribution >= 4 is 23.1 Å². The maximum atomic E-state index is 11.7. The number of carbonyl (C=O) groups excluding carboxylic acids is 1. The van der Waals surface area contributed by atoms with Crippen LogP contribution in [-0.2, 0) is 7.05 Å². The van der Waals surface area contributed by atoms with Crippen LogP contribution in [0.5, 0.6) is 0 Å². The summed E-state index contributed by atoms with van der Waals surface area (Å²) in [6.45, 7) is 4.38. The minimum absolute atomic E-state index is 0.0179. The van der Waals surface area contributed by atoms with Crippen molar-refractivity contribution in [1.29, 1.82) is 0 Å². The van der Waals surface area contributed by atoms with Gasteiger partial charge < -0.3 is 26.7 Å². The number of nitrogens with one attached hydrogen (secondary N) is 2. The third-order valence-corrected chi connectivity index (χ3v) is 4.08. The molecule has 0 aliphatic rings. The fourth-order valence-electron chi connectivity index (χ4n) is 2.72. The molecule has 0 fully saturated rings. The summed E-state index contributed by atoms with van der Waals surface area (Å²) >= 11 is 0. The highest BCUT2D eigenvalue weighted by Gasteiger charge is 2.13. The van der Waals surface area contributed by atoms with Gasteiger partial charge in [0, 0.05) is 37.1 Å². The van der Waals surface area contributed by atoms with E-state index in [1.807, 2.05) is 43.8 Å². The van der Waals surface area contributed by atoms with Crippen molar-refractivity contribution < 1.29 is 4.79 Å². The molecule has 1 atom stereocenters. The smallest absolute Gasteiger partial charge is 0.269 e. The second-order valence-electron chi connectivity index (χ2n) is 6.72. The van der Waals surface area contributed by atoms with Crippen LogP contribution < -0.4 is 22.1 Å². The first-order valence-electron chi connectivity index (χ1n) is 8.86. The minimum atomic E-state index is -0.622. The van der Waals surface area contributed by atoms with Gasteiger partial charge in [0.15, 0.2) is 5.69 Å². The number of primary amides is 1. The summed E-state index contributed by atoms with van der Waals surface area (Å²) in [5.74, 6) is -0.0473. The van der Waals surface area contributed by atoms with Gasteiger partial charge in [0.1, 0.15) is 5.82 Å². The first kappa shape index (κ1) is 19.3. The molecular weight excluding hydrogens is 356 g/mol. The molecule has 9 nitrogen and oxygen atoms in total. The molecule has 0 bridgehead atoms. The van der Waals surface area contributed by atoms with Crippen LogP contribution in [0.15, 0.2) is 36.9 Å². The fraction of sp³-hybridized carbons (Fsp3) is 0.263. The number of nitrogens with zero attached hydrogens (tertiary/aromatic N) is 4. The van der Waals surface area contributed by atoms with Crippen molar-refractivity contribution in [3.63, 3.8) is 0 Å². The molecular formula is C19H24N8O. The number of rotatable bonds is 7. The summed E-state index contributed by atoms with van der Waals surface area (Å²) < 4.78 is 1.88. The largest absolute Gasteiger partial charge is 0.382 e. The SMILES string of the molecule is Cc1nc(Nc2cc(NCC(C)N)cnc2C(N)=O)ccc1-c1cn(C)cn1. The maximum absolute atomic E-state index is 11.7. The monoisotopic (exact) mass is 380 g/mol. The molecule has 0 aliphatic heterocycles. The minimum Gasteiger partial charge on any atom is -0.382 e. The Balaban J connectivity index is 1.88. The number of hydrogen-bond donors (Lipinski definition) is 4. The first-order chi connectivity index (χ1) is 13.3. The molecule has 3 rings (SSSR count). The Morgan fingerprint density at radius 2 is 2.11 bits per heavy atom.